The lowest BCUT2D eigenvalue weighted by atomic mass is 10.2. The predicted octanol–water partition coefficient (Wildman–Crippen LogP) is 3.09. The van der Waals surface area contributed by atoms with E-state index in [9.17, 15) is 4.79 Å². The van der Waals surface area contributed by atoms with Gasteiger partial charge in [-0.1, -0.05) is 42.5 Å². The highest BCUT2D eigenvalue weighted by Gasteiger charge is 2.06. The highest BCUT2D eigenvalue weighted by molar-refractivity contribution is 7.13. The number of nitrogens with two attached hydrogens (primary N) is 1. The van der Waals surface area contributed by atoms with Gasteiger partial charge in [-0.3, -0.25) is 4.79 Å². The number of rotatable bonds is 6. The molecule has 1 heterocycles. The van der Waals surface area contributed by atoms with Crippen molar-refractivity contribution in [3.05, 3.63) is 65.5 Å². The molecule has 1 amide bonds. The van der Waals surface area contributed by atoms with Crippen LogP contribution in [-0.2, 0) is 11.3 Å². The molecular formula is C18H17N3O2S. The van der Waals surface area contributed by atoms with Gasteiger partial charge in [-0.25, -0.2) is 4.98 Å². The van der Waals surface area contributed by atoms with Gasteiger partial charge >= 0.3 is 0 Å². The van der Waals surface area contributed by atoms with E-state index in [1.165, 1.54) is 11.3 Å². The van der Waals surface area contributed by atoms with Gasteiger partial charge in [-0.05, 0) is 17.7 Å². The fraction of sp³-hybridized carbons (Fsp3) is 0.111. The van der Waals surface area contributed by atoms with Crippen LogP contribution in [0.2, 0.25) is 0 Å². The van der Waals surface area contributed by atoms with Crippen LogP contribution in [0.3, 0.4) is 0 Å². The molecule has 0 aliphatic heterocycles. The zero-order valence-corrected chi connectivity index (χ0v) is 13.8. The number of anilines is 1. The monoisotopic (exact) mass is 339 g/mol. The molecule has 6 heteroatoms. The Morgan fingerprint density at radius 2 is 2.00 bits per heavy atom. The van der Waals surface area contributed by atoms with E-state index in [2.05, 4.69) is 10.3 Å². The summed E-state index contributed by atoms with van der Waals surface area (Å²) in [5.41, 5.74) is 8.42. The van der Waals surface area contributed by atoms with Crippen LogP contribution in [0.5, 0.6) is 5.75 Å². The summed E-state index contributed by atoms with van der Waals surface area (Å²) in [6, 6.07) is 17.2. The van der Waals surface area contributed by atoms with Gasteiger partial charge in [0.05, 0.1) is 5.69 Å². The first-order valence-corrected chi connectivity index (χ1v) is 8.33. The summed E-state index contributed by atoms with van der Waals surface area (Å²) in [6.45, 7) is 0.455. The predicted molar refractivity (Wildman–Crippen MR) is 95.7 cm³/mol. The van der Waals surface area contributed by atoms with Crippen molar-refractivity contribution in [2.24, 2.45) is 0 Å². The van der Waals surface area contributed by atoms with Crippen molar-refractivity contribution in [2.75, 3.05) is 12.3 Å². The fourth-order valence-corrected chi connectivity index (χ4v) is 2.73. The maximum Gasteiger partial charge on any atom is 0.258 e. The first kappa shape index (κ1) is 16.0. The zero-order valence-electron chi connectivity index (χ0n) is 12.9. The van der Waals surface area contributed by atoms with Gasteiger partial charge in [0.25, 0.3) is 5.91 Å². The molecule has 0 atom stereocenters. The third-order valence-electron chi connectivity index (χ3n) is 3.35. The second-order valence-corrected chi connectivity index (χ2v) is 6.04. The Labute approximate surface area is 144 Å². The number of nitrogens with zero attached hydrogens (tertiary/aromatic N) is 1. The average Bonchev–Trinajstić information content (AvgIpc) is 3.06. The molecule has 5 nitrogen and oxygen atoms in total. The maximum absolute atomic E-state index is 11.9. The van der Waals surface area contributed by atoms with E-state index in [0.717, 1.165) is 16.8 Å². The lowest BCUT2D eigenvalue weighted by molar-refractivity contribution is -0.123. The van der Waals surface area contributed by atoms with Gasteiger partial charge in [0.2, 0.25) is 0 Å². The number of carbonyl (C=O) groups excluding carboxylic acids is 1. The van der Waals surface area contributed by atoms with Crippen molar-refractivity contribution in [3.8, 4) is 17.0 Å². The fourth-order valence-electron chi connectivity index (χ4n) is 2.16. The smallest absolute Gasteiger partial charge is 0.258 e. The highest BCUT2D eigenvalue weighted by Crippen LogP contribution is 2.26. The molecule has 122 valence electrons. The third kappa shape index (κ3) is 4.33. The summed E-state index contributed by atoms with van der Waals surface area (Å²) in [7, 11) is 0. The Morgan fingerprint density at radius 1 is 1.17 bits per heavy atom. The van der Waals surface area contributed by atoms with Gasteiger partial charge in [-0.2, -0.15) is 0 Å². The summed E-state index contributed by atoms with van der Waals surface area (Å²) >= 11 is 1.39. The molecule has 0 spiro atoms. The van der Waals surface area contributed by atoms with Gasteiger partial charge < -0.3 is 15.8 Å². The summed E-state index contributed by atoms with van der Waals surface area (Å²) in [4.78, 5) is 16.1. The summed E-state index contributed by atoms with van der Waals surface area (Å²) in [6.07, 6.45) is 0. The molecule has 0 fully saturated rings. The van der Waals surface area contributed by atoms with Crippen molar-refractivity contribution in [3.63, 3.8) is 0 Å². The molecule has 3 aromatic rings. The molecule has 3 rings (SSSR count). The van der Waals surface area contributed by atoms with Crippen LogP contribution < -0.4 is 15.8 Å². The van der Waals surface area contributed by atoms with Gasteiger partial charge in [0, 0.05) is 17.5 Å². The Balaban J connectivity index is 1.54. The van der Waals surface area contributed by atoms with Crippen molar-refractivity contribution >= 4 is 22.4 Å². The molecule has 0 unspecified atom stereocenters. The number of carbonyl (C=O) groups is 1. The summed E-state index contributed by atoms with van der Waals surface area (Å²) in [5.74, 6) is 0.455. The number of hydrogen-bond donors (Lipinski definition) is 2. The van der Waals surface area contributed by atoms with E-state index in [1.807, 2.05) is 60.0 Å². The third-order valence-corrected chi connectivity index (χ3v) is 4.03. The number of benzene rings is 2. The Morgan fingerprint density at radius 3 is 2.75 bits per heavy atom. The molecule has 1 aromatic heterocycles. The van der Waals surface area contributed by atoms with E-state index < -0.39 is 0 Å². The van der Waals surface area contributed by atoms with Crippen LogP contribution >= 0.6 is 11.3 Å². The van der Waals surface area contributed by atoms with Crippen LogP contribution in [0, 0.1) is 0 Å². The molecule has 2 aromatic carbocycles. The zero-order chi connectivity index (χ0) is 16.8. The highest BCUT2D eigenvalue weighted by atomic mass is 32.1. The lowest BCUT2D eigenvalue weighted by Gasteiger charge is -2.08. The van der Waals surface area contributed by atoms with E-state index in [-0.39, 0.29) is 12.5 Å². The number of ether oxygens (including phenoxy) is 1. The second-order valence-electron chi connectivity index (χ2n) is 5.15. The molecule has 0 saturated heterocycles. The lowest BCUT2D eigenvalue weighted by Crippen LogP contribution is -2.28. The molecule has 0 aliphatic carbocycles. The van der Waals surface area contributed by atoms with Crippen LogP contribution in [0.15, 0.2) is 60.0 Å². The Kier molecular flexibility index (Phi) is 5.08. The van der Waals surface area contributed by atoms with Crippen LogP contribution in [0.1, 0.15) is 5.56 Å². The first-order chi connectivity index (χ1) is 11.7. The summed E-state index contributed by atoms with van der Waals surface area (Å²) in [5, 5.41) is 5.24. The van der Waals surface area contributed by atoms with Crippen LogP contribution in [0.25, 0.3) is 11.3 Å². The number of nitrogen functional groups attached to an aromatic ring is 1. The number of nitrogens with one attached hydrogen (secondary N) is 1. The molecule has 0 bridgehead atoms. The number of hydrogen-bond acceptors (Lipinski definition) is 5. The first-order valence-electron chi connectivity index (χ1n) is 7.45. The molecule has 24 heavy (non-hydrogen) atoms. The van der Waals surface area contributed by atoms with Crippen molar-refractivity contribution in [1.82, 2.24) is 10.3 Å². The molecule has 0 saturated carbocycles. The Bertz CT molecular complexity index is 818. The number of aromatic nitrogens is 1. The minimum absolute atomic E-state index is 0.0323. The van der Waals surface area contributed by atoms with Gasteiger partial charge in [0.1, 0.15) is 5.75 Å². The van der Waals surface area contributed by atoms with Crippen LogP contribution in [0.4, 0.5) is 5.13 Å². The average molecular weight is 339 g/mol. The standard InChI is InChI=1S/C18H17N3O2S/c19-18-21-16(12-24-18)14-7-4-8-15(9-14)23-11-17(22)20-10-13-5-2-1-3-6-13/h1-9,12H,10-11H2,(H2,19,21)(H,20,22). The molecule has 3 N–H and O–H groups in total. The molecule has 0 radical (unpaired) electrons. The van der Waals surface area contributed by atoms with E-state index in [4.69, 9.17) is 10.5 Å². The van der Waals surface area contributed by atoms with E-state index >= 15 is 0 Å². The minimum atomic E-state index is -0.165. The largest absolute Gasteiger partial charge is 0.484 e. The summed E-state index contributed by atoms with van der Waals surface area (Å²) < 4.78 is 5.56. The second kappa shape index (κ2) is 7.61. The van der Waals surface area contributed by atoms with Crippen molar-refractivity contribution < 1.29 is 9.53 Å². The SMILES string of the molecule is Nc1nc(-c2cccc(OCC(=O)NCc3ccccc3)c2)cs1. The Hall–Kier alpha value is -2.86. The van der Waals surface area contributed by atoms with E-state index in [1.54, 1.807) is 0 Å². The quantitative estimate of drug-likeness (QED) is 0.723. The molecular weight excluding hydrogens is 322 g/mol. The van der Waals surface area contributed by atoms with Gasteiger partial charge in [-0.15, -0.1) is 11.3 Å². The van der Waals surface area contributed by atoms with Crippen molar-refractivity contribution in [2.45, 2.75) is 6.54 Å². The normalized spacial score (nSPS) is 10.3. The van der Waals surface area contributed by atoms with Crippen LogP contribution in [-0.4, -0.2) is 17.5 Å². The maximum atomic E-state index is 11.9. The van der Waals surface area contributed by atoms with E-state index in [0.29, 0.717) is 17.4 Å². The number of amides is 1. The van der Waals surface area contributed by atoms with Gasteiger partial charge in [0.15, 0.2) is 11.7 Å². The van der Waals surface area contributed by atoms with Crippen molar-refractivity contribution in [1.29, 1.82) is 0 Å². The minimum Gasteiger partial charge on any atom is -0.484 e. The molecule has 0 aliphatic rings. The topological polar surface area (TPSA) is 77.2 Å². The number of thiazole rings is 1.